The molecule has 1 aromatic carbocycles. The minimum absolute atomic E-state index is 0.0981. The standard InChI is InChI=1S/C14H9N3O5S/c18-14(9-3-5-10(6-4-9)17(19)20)21-8-12-15-13(16-22-12)11-2-1-7-23-11/h1-7H,8H2. The normalized spacial score (nSPS) is 10.4. The molecule has 0 saturated carbocycles. The Kier molecular flexibility index (Phi) is 4.11. The van der Waals surface area contributed by atoms with Gasteiger partial charge in [0, 0.05) is 12.1 Å². The molecular formula is C14H9N3O5S. The lowest BCUT2D eigenvalue weighted by atomic mass is 10.2. The molecule has 0 radical (unpaired) electrons. The molecule has 23 heavy (non-hydrogen) atoms. The molecule has 0 fully saturated rings. The van der Waals surface area contributed by atoms with Crippen molar-refractivity contribution in [2.24, 2.45) is 0 Å². The van der Waals surface area contributed by atoms with Gasteiger partial charge in [-0.2, -0.15) is 4.98 Å². The summed E-state index contributed by atoms with van der Waals surface area (Å²) in [6.45, 7) is -0.172. The quantitative estimate of drug-likeness (QED) is 0.401. The van der Waals surface area contributed by atoms with Gasteiger partial charge in [0.1, 0.15) is 0 Å². The monoisotopic (exact) mass is 331 g/mol. The molecule has 3 rings (SSSR count). The van der Waals surface area contributed by atoms with Crippen LogP contribution in [0, 0.1) is 10.1 Å². The van der Waals surface area contributed by atoms with Gasteiger partial charge in [-0.15, -0.1) is 11.3 Å². The third-order valence-electron chi connectivity index (χ3n) is 2.85. The molecule has 0 aliphatic rings. The molecule has 0 unspecified atom stereocenters. The van der Waals surface area contributed by atoms with Crippen molar-refractivity contribution in [1.29, 1.82) is 0 Å². The van der Waals surface area contributed by atoms with Crippen LogP contribution < -0.4 is 0 Å². The maximum atomic E-state index is 11.9. The molecule has 116 valence electrons. The number of aromatic nitrogens is 2. The number of nitrogens with zero attached hydrogens (tertiary/aromatic N) is 3. The third kappa shape index (κ3) is 3.40. The van der Waals surface area contributed by atoms with Crippen LogP contribution in [0.2, 0.25) is 0 Å². The number of nitro benzene ring substituents is 1. The van der Waals surface area contributed by atoms with E-state index in [1.54, 1.807) is 0 Å². The summed E-state index contributed by atoms with van der Waals surface area (Å²) in [4.78, 5) is 26.8. The molecule has 0 aliphatic heterocycles. The van der Waals surface area contributed by atoms with E-state index in [0.717, 1.165) is 4.88 Å². The van der Waals surface area contributed by atoms with Crippen LogP contribution in [0.3, 0.4) is 0 Å². The SMILES string of the molecule is O=C(OCc1nc(-c2cccs2)no1)c1ccc([N+](=O)[O-])cc1. The number of non-ortho nitro benzene ring substituents is 1. The van der Waals surface area contributed by atoms with E-state index in [1.807, 2.05) is 17.5 Å². The smallest absolute Gasteiger partial charge is 0.338 e. The number of hydrogen-bond donors (Lipinski definition) is 0. The Hall–Kier alpha value is -3.07. The van der Waals surface area contributed by atoms with Crippen molar-refractivity contribution in [2.45, 2.75) is 6.61 Å². The molecule has 0 bridgehead atoms. The minimum Gasteiger partial charge on any atom is -0.452 e. The van der Waals surface area contributed by atoms with E-state index in [9.17, 15) is 14.9 Å². The van der Waals surface area contributed by atoms with Crippen molar-refractivity contribution in [2.75, 3.05) is 0 Å². The second-order valence-corrected chi connectivity index (χ2v) is 5.32. The largest absolute Gasteiger partial charge is 0.452 e. The number of nitro groups is 1. The maximum Gasteiger partial charge on any atom is 0.338 e. The average molecular weight is 331 g/mol. The number of benzene rings is 1. The van der Waals surface area contributed by atoms with Crippen LogP contribution >= 0.6 is 11.3 Å². The number of carbonyl (C=O) groups excluding carboxylic acids is 1. The number of rotatable bonds is 5. The van der Waals surface area contributed by atoms with E-state index in [1.165, 1.54) is 35.6 Å². The fourth-order valence-corrected chi connectivity index (χ4v) is 2.40. The van der Waals surface area contributed by atoms with E-state index < -0.39 is 10.9 Å². The second-order valence-electron chi connectivity index (χ2n) is 4.37. The number of hydrogen-bond acceptors (Lipinski definition) is 8. The second kappa shape index (κ2) is 6.36. The Morgan fingerprint density at radius 3 is 2.74 bits per heavy atom. The van der Waals surface area contributed by atoms with Crippen molar-refractivity contribution >= 4 is 23.0 Å². The van der Waals surface area contributed by atoms with Crippen LogP contribution in [0.25, 0.3) is 10.7 Å². The molecule has 0 saturated heterocycles. The molecule has 0 amide bonds. The van der Waals surface area contributed by atoms with Crippen LogP contribution in [0.15, 0.2) is 46.3 Å². The van der Waals surface area contributed by atoms with Gasteiger partial charge in [0.15, 0.2) is 6.61 Å². The lowest BCUT2D eigenvalue weighted by Gasteiger charge is -2.01. The fourth-order valence-electron chi connectivity index (χ4n) is 1.75. The molecule has 0 N–H and O–H groups in total. The topological polar surface area (TPSA) is 108 Å². The first-order valence-electron chi connectivity index (χ1n) is 6.41. The first-order chi connectivity index (χ1) is 11.1. The molecule has 8 nitrogen and oxygen atoms in total. The average Bonchev–Trinajstić information content (AvgIpc) is 3.23. The molecular weight excluding hydrogens is 322 g/mol. The zero-order chi connectivity index (χ0) is 16.2. The molecule has 3 aromatic rings. The minimum atomic E-state index is -0.629. The number of ether oxygens (including phenoxy) is 1. The number of carbonyl (C=O) groups is 1. The highest BCUT2D eigenvalue weighted by Crippen LogP contribution is 2.21. The Morgan fingerprint density at radius 2 is 2.09 bits per heavy atom. The van der Waals surface area contributed by atoms with Crippen molar-refractivity contribution < 1.29 is 19.0 Å². The van der Waals surface area contributed by atoms with Gasteiger partial charge in [-0.25, -0.2) is 4.79 Å². The van der Waals surface area contributed by atoms with Gasteiger partial charge in [0.2, 0.25) is 5.82 Å². The summed E-state index contributed by atoms with van der Waals surface area (Å²) in [6, 6.07) is 8.83. The van der Waals surface area contributed by atoms with Crippen molar-refractivity contribution in [3.63, 3.8) is 0 Å². The van der Waals surface area contributed by atoms with Gasteiger partial charge in [-0.3, -0.25) is 10.1 Å². The summed E-state index contributed by atoms with van der Waals surface area (Å²) < 4.78 is 10.0. The summed E-state index contributed by atoms with van der Waals surface area (Å²) >= 11 is 1.47. The Balaban J connectivity index is 1.61. The van der Waals surface area contributed by atoms with E-state index in [2.05, 4.69) is 10.1 Å². The lowest BCUT2D eigenvalue weighted by molar-refractivity contribution is -0.384. The van der Waals surface area contributed by atoms with Gasteiger partial charge < -0.3 is 9.26 Å². The zero-order valence-electron chi connectivity index (χ0n) is 11.5. The molecule has 2 heterocycles. The fraction of sp³-hybridized carbons (Fsp3) is 0.0714. The molecule has 0 spiro atoms. The Labute approximate surface area is 133 Å². The third-order valence-corrected chi connectivity index (χ3v) is 3.72. The van der Waals surface area contributed by atoms with Gasteiger partial charge in [0.05, 0.1) is 15.4 Å². The molecule has 9 heteroatoms. The van der Waals surface area contributed by atoms with E-state index >= 15 is 0 Å². The summed E-state index contributed by atoms with van der Waals surface area (Å²) in [5, 5.41) is 16.2. The van der Waals surface area contributed by atoms with Crippen molar-refractivity contribution in [3.8, 4) is 10.7 Å². The summed E-state index contributed by atoms with van der Waals surface area (Å²) in [7, 11) is 0. The van der Waals surface area contributed by atoms with Gasteiger partial charge in [-0.1, -0.05) is 11.2 Å². The first kappa shape index (κ1) is 14.9. The van der Waals surface area contributed by atoms with Gasteiger partial charge in [0.25, 0.3) is 11.6 Å². The Morgan fingerprint density at radius 1 is 1.30 bits per heavy atom. The first-order valence-corrected chi connectivity index (χ1v) is 7.29. The van der Waals surface area contributed by atoms with Crippen LogP contribution in [0.1, 0.15) is 16.2 Å². The predicted octanol–water partition coefficient (Wildman–Crippen LogP) is 3.06. The van der Waals surface area contributed by atoms with Gasteiger partial charge in [-0.05, 0) is 23.6 Å². The highest BCUT2D eigenvalue weighted by molar-refractivity contribution is 7.13. The van der Waals surface area contributed by atoms with Crippen LogP contribution in [0.4, 0.5) is 5.69 Å². The Bertz CT molecular complexity index is 826. The maximum absolute atomic E-state index is 11.9. The van der Waals surface area contributed by atoms with Gasteiger partial charge >= 0.3 is 5.97 Å². The summed E-state index contributed by atoms with van der Waals surface area (Å²) in [5.74, 6) is -0.0270. The summed E-state index contributed by atoms with van der Waals surface area (Å²) in [6.07, 6.45) is 0. The highest BCUT2D eigenvalue weighted by atomic mass is 32.1. The van der Waals surface area contributed by atoms with E-state index in [-0.39, 0.29) is 23.7 Å². The van der Waals surface area contributed by atoms with E-state index in [4.69, 9.17) is 9.26 Å². The highest BCUT2D eigenvalue weighted by Gasteiger charge is 2.14. The van der Waals surface area contributed by atoms with E-state index in [0.29, 0.717) is 5.82 Å². The number of esters is 1. The molecule has 2 aromatic heterocycles. The summed E-state index contributed by atoms with van der Waals surface area (Å²) in [5.41, 5.74) is 0.104. The predicted molar refractivity (Wildman–Crippen MR) is 79.8 cm³/mol. The van der Waals surface area contributed by atoms with Crippen molar-refractivity contribution in [3.05, 3.63) is 63.3 Å². The molecule has 0 atom stereocenters. The molecule has 0 aliphatic carbocycles. The zero-order valence-corrected chi connectivity index (χ0v) is 12.4. The van der Waals surface area contributed by atoms with Crippen LogP contribution in [-0.4, -0.2) is 21.0 Å². The van der Waals surface area contributed by atoms with Crippen LogP contribution in [0.5, 0.6) is 0 Å². The van der Waals surface area contributed by atoms with Crippen molar-refractivity contribution in [1.82, 2.24) is 10.1 Å². The lowest BCUT2D eigenvalue weighted by Crippen LogP contribution is -2.05. The number of thiophene rings is 1. The van der Waals surface area contributed by atoms with Crippen LogP contribution in [-0.2, 0) is 11.3 Å².